The minimum absolute atomic E-state index is 0.108. The van der Waals surface area contributed by atoms with Gasteiger partial charge in [-0.25, -0.2) is 9.97 Å². The average molecular weight is 420 g/mol. The first kappa shape index (κ1) is 20.6. The zero-order valence-electron chi connectivity index (χ0n) is 17.1. The molecule has 1 aliphatic heterocycles. The van der Waals surface area contributed by atoms with E-state index in [9.17, 15) is 4.79 Å². The number of nitrogens with zero attached hydrogens (tertiary/aromatic N) is 2. The maximum Gasteiger partial charge on any atom is 0.258 e. The molecule has 3 heterocycles. The number of thioether (sulfide) groups is 1. The molecule has 154 valence electrons. The smallest absolute Gasteiger partial charge is 0.258 e. The van der Waals surface area contributed by atoms with Crippen molar-refractivity contribution in [1.82, 2.24) is 15.0 Å². The summed E-state index contributed by atoms with van der Waals surface area (Å²) < 4.78 is 5.07. The van der Waals surface area contributed by atoms with Crippen molar-refractivity contribution in [2.75, 3.05) is 19.5 Å². The highest BCUT2D eigenvalue weighted by Crippen LogP contribution is 2.27. The zero-order chi connectivity index (χ0) is 20.8. The third-order valence-corrected chi connectivity index (χ3v) is 5.87. The first-order valence-corrected chi connectivity index (χ1v) is 11.4. The Morgan fingerprint density at radius 1 is 1.00 bits per heavy atom. The number of pyridine rings is 1. The van der Waals surface area contributed by atoms with Gasteiger partial charge in [0.05, 0.1) is 22.3 Å². The van der Waals surface area contributed by atoms with Crippen molar-refractivity contribution in [2.45, 2.75) is 30.7 Å². The third-order valence-electron chi connectivity index (χ3n) is 5.21. The Balaban J connectivity index is 0.000000313. The Labute approximate surface area is 179 Å². The van der Waals surface area contributed by atoms with Crippen molar-refractivity contribution in [2.24, 2.45) is 0 Å². The van der Waals surface area contributed by atoms with E-state index in [2.05, 4.69) is 27.1 Å². The van der Waals surface area contributed by atoms with E-state index in [-0.39, 0.29) is 5.56 Å². The van der Waals surface area contributed by atoms with E-state index in [4.69, 9.17) is 4.74 Å². The van der Waals surface area contributed by atoms with Gasteiger partial charge < -0.3 is 9.72 Å². The quantitative estimate of drug-likeness (QED) is 0.375. The number of H-pyrrole nitrogens is 1. The van der Waals surface area contributed by atoms with E-state index in [1.165, 1.54) is 25.6 Å². The molecule has 0 atom stereocenters. The number of fused-ring (bicyclic) bond motifs is 3. The number of aromatic amines is 1. The molecule has 1 aliphatic rings. The Kier molecular flexibility index (Phi) is 6.77. The van der Waals surface area contributed by atoms with E-state index >= 15 is 0 Å². The lowest BCUT2D eigenvalue weighted by molar-refractivity contribution is 0.0968. The Hall–Kier alpha value is -2.70. The van der Waals surface area contributed by atoms with Crippen LogP contribution in [0.3, 0.4) is 0 Å². The first-order chi connectivity index (χ1) is 14.8. The second kappa shape index (κ2) is 9.87. The van der Waals surface area contributed by atoms with E-state index in [0.717, 1.165) is 52.1 Å². The summed E-state index contributed by atoms with van der Waals surface area (Å²) in [5.74, 6) is 0. The molecule has 2 aromatic carbocycles. The predicted molar refractivity (Wildman–Crippen MR) is 123 cm³/mol. The number of aromatic nitrogens is 3. The first-order valence-electron chi connectivity index (χ1n) is 10.2. The van der Waals surface area contributed by atoms with Crippen LogP contribution in [0, 0.1) is 0 Å². The molecule has 0 aliphatic carbocycles. The minimum atomic E-state index is -0.108. The van der Waals surface area contributed by atoms with Crippen molar-refractivity contribution < 1.29 is 4.74 Å². The second-order valence-corrected chi connectivity index (χ2v) is 8.09. The summed E-state index contributed by atoms with van der Waals surface area (Å²) in [6.45, 7) is 2.00. The Morgan fingerprint density at radius 2 is 1.80 bits per heavy atom. The number of rotatable bonds is 3. The second-order valence-electron chi connectivity index (χ2n) is 7.27. The number of benzene rings is 2. The van der Waals surface area contributed by atoms with Crippen molar-refractivity contribution in [1.29, 1.82) is 0 Å². The van der Waals surface area contributed by atoms with E-state index in [1.54, 1.807) is 11.8 Å². The molecule has 0 spiro atoms. The third kappa shape index (κ3) is 4.71. The van der Waals surface area contributed by atoms with Crippen LogP contribution in [0.25, 0.3) is 21.7 Å². The van der Waals surface area contributed by atoms with Crippen LogP contribution in [0.4, 0.5) is 0 Å². The van der Waals surface area contributed by atoms with Gasteiger partial charge in [-0.1, -0.05) is 30.3 Å². The summed E-state index contributed by atoms with van der Waals surface area (Å²) in [5.41, 5.74) is 2.87. The van der Waals surface area contributed by atoms with Crippen molar-refractivity contribution in [3.05, 3.63) is 76.5 Å². The lowest BCUT2D eigenvalue weighted by Crippen LogP contribution is -2.07. The summed E-state index contributed by atoms with van der Waals surface area (Å²) in [4.78, 5) is 23.7. The highest BCUT2D eigenvalue weighted by molar-refractivity contribution is 7.98. The fourth-order valence-corrected chi connectivity index (χ4v) is 4.03. The molecule has 0 amide bonds. The van der Waals surface area contributed by atoms with Gasteiger partial charge in [0.25, 0.3) is 5.56 Å². The summed E-state index contributed by atoms with van der Waals surface area (Å²) in [5, 5.41) is 3.75. The van der Waals surface area contributed by atoms with Gasteiger partial charge in [-0.2, -0.15) is 0 Å². The van der Waals surface area contributed by atoms with Crippen LogP contribution in [0.15, 0.2) is 64.8 Å². The van der Waals surface area contributed by atoms with E-state index in [0.29, 0.717) is 5.39 Å². The molecule has 1 N–H and O–H groups in total. The zero-order valence-corrected chi connectivity index (χ0v) is 17.9. The monoisotopic (exact) mass is 419 g/mol. The van der Waals surface area contributed by atoms with Crippen LogP contribution < -0.4 is 5.56 Å². The van der Waals surface area contributed by atoms with Crippen LogP contribution in [-0.4, -0.2) is 34.4 Å². The number of hydrogen-bond acceptors (Lipinski definition) is 5. The predicted octanol–water partition coefficient (Wildman–Crippen LogP) is 4.97. The number of hydrogen-bond donors (Lipinski definition) is 1. The van der Waals surface area contributed by atoms with Gasteiger partial charge in [0.1, 0.15) is 0 Å². The number of nitrogens with one attached hydrogen (secondary N) is 1. The topological polar surface area (TPSA) is 67.9 Å². The lowest BCUT2D eigenvalue weighted by atomic mass is 9.96. The molecular formula is C24H25N3O2S. The van der Waals surface area contributed by atoms with E-state index < -0.39 is 0 Å². The normalized spacial score (nSPS) is 13.8. The van der Waals surface area contributed by atoms with Crippen LogP contribution in [0.5, 0.6) is 0 Å². The molecule has 2 aromatic heterocycles. The number of ether oxygens (including phenoxy) is 1. The molecule has 0 saturated carbocycles. The molecule has 0 unspecified atom stereocenters. The van der Waals surface area contributed by atoms with Gasteiger partial charge in [0, 0.05) is 24.8 Å². The van der Waals surface area contributed by atoms with Gasteiger partial charge in [0.15, 0.2) is 0 Å². The summed E-state index contributed by atoms with van der Waals surface area (Å²) in [6, 6.07) is 14.2. The molecule has 4 aromatic rings. The summed E-state index contributed by atoms with van der Waals surface area (Å²) in [6.07, 6.45) is 10.0. The molecule has 5 rings (SSSR count). The van der Waals surface area contributed by atoms with Crippen LogP contribution in [-0.2, 0) is 11.2 Å². The molecule has 6 heteroatoms. The lowest BCUT2D eigenvalue weighted by Gasteiger charge is -2.10. The Bertz CT molecular complexity index is 1170. The fraction of sp³-hybridized carbons (Fsp3) is 0.292. The van der Waals surface area contributed by atoms with Crippen LogP contribution in [0.1, 0.15) is 30.4 Å². The SMILES string of the molecule is C1CCOCC1.CSc1ccc(Cc2cc3c(=O)[nH]cnc3c3ccccc23)cn1. The van der Waals surface area contributed by atoms with Crippen LogP contribution >= 0.6 is 11.8 Å². The maximum atomic E-state index is 12.2. The molecule has 30 heavy (non-hydrogen) atoms. The van der Waals surface area contributed by atoms with Gasteiger partial charge in [-0.05, 0) is 60.6 Å². The van der Waals surface area contributed by atoms with Gasteiger partial charge >= 0.3 is 0 Å². The molecule has 0 bridgehead atoms. The molecule has 5 nitrogen and oxygen atoms in total. The van der Waals surface area contributed by atoms with Crippen LogP contribution in [0.2, 0.25) is 0 Å². The molecule has 1 saturated heterocycles. The maximum absolute atomic E-state index is 12.2. The highest BCUT2D eigenvalue weighted by Gasteiger charge is 2.10. The molecule has 1 fully saturated rings. The van der Waals surface area contributed by atoms with E-state index in [1.807, 2.05) is 42.8 Å². The van der Waals surface area contributed by atoms with Crippen molar-refractivity contribution in [3.63, 3.8) is 0 Å². The van der Waals surface area contributed by atoms with Gasteiger partial charge in [0.2, 0.25) is 0 Å². The molecule has 0 radical (unpaired) electrons. The van der Waals surface area contributed by atoms with Gasteiger partial charge in [-0.15, -0.1) is 11.8 Å². The largest absolute Gasteiger partial charge is 0.381 e. The standard InChI is InChI=1S/C19H15N3OS.C5H10O/c1-24-17-7-6-12(10-20-17)8-13-9-16-18(21-11-22-19(16)23)15-5-3-2-4-14(13)15;1-2-4-6-5-3-1/h2-7,9-11H,8H2,1H3,(H,21,22,23);1-5H2. The van der Waals surface area contributed by atoms with Crippen molar-refractivity contribution in [3.8, 4) is 0 Å². The molecular weight excluding hydrogens is 394 g/mol. The van der Waals surface area contributed by atoms with Gasteiger partial charge in [-0.3, -0.25) is 4.79 Å². The Morgan fingerprint density at radius 3 is 2.43 bits per heavy atom. The minimum Gasteiger partial charge on any atom is -0.381 e. The summed E-state index contributed by atoms with van der Waals surface area (Å²) in [7, 11) is 0. The summed E-state index contributed by atoms with van der Waals surface area (Å²) >= 11 is 1.63. The fourth-order valence-electron chi connectivity index (χ4n) is 3.67. The average Bonchev–Trinajstić information content (AvgIpc) is 2.82. The highest BCUT2D eigenvalue weighted by atomic mass is 32.2. The van der Waals surface area contributed by atoms with Crippen molar-refractivity contribution >= 4 is 33.4 Å².